The summed E-state index contributed by atoms with van der Waals surface area (Å²) in [5.74, 6) is 1.86. The third-order valence-electron chi connectivity index (χ3n) is 3.71. The van der Waals surface area contributed by atoms with Crippen molar-refractivity contribution in [2.24, 2.45) is 18.7 Å². The monoisotopic (exact) mass is 245 g/mol. The van der Waals surface area contributed by atoms with E-state index in [-0.39, 0.29) is 0 Å². The molecule has 1 heterocycles. The highest BCUT2D eigenvalue weighted by atomic mass is 15.1. The van der Waals surface area contributed by atoms with Crippen LogP contribution < -0.4 is 5.73 Å². The van der Waals surface area contributed by atoms with E-state index in [0.29, 0.717) is 5.92 Å². The Bertz CT molecular complexity index is 528. The van der Waals surface area contributed by atoms with E-state index in [1.807, 2.05) is 0 Å². The van der Waals surface area contributed by atoms with Crippen molar-refractivity contribution in [3.05, 3.63) is 29.6 Å². The molecule has 0 aliphatic rings. The minimum atomic E-state index is 0.677. The van der Waals surface area contributed by atoms with E-state index in [4.69, 9.17) is 10.7 Å². The van der Waals surface area contributed by atoms with Crippen LogP contribution in [0, 0.1) is 12.8 Å². The van der Waals surface area contributed by atoms with E-state index in [1.165, 1.54) is 16.9 Å². The van der Waals surface area contributed by atoms with Crippen molar-refractivity contribution < 1.29 is 0 Å². The molecule has 2 rings (SSSR count). The minimum Gasteiger partial charge on any atom is -0.331 e. The molecule has 1 unspecified atom stereocenters. The average Bonchev–Trinajstić information content (AvgIpc) is 2.65. The maximum absolute atomic E-state index is 5.59. The topological polar surface area (TPSA) is 43.8 Å². The van der Waals surface area contributed by atoms with Crippen molar-refractivity contribution >= 4 is 11.0 Å². The van der Waals surface area contributed by atoms with Gasteiger partial charge in [-0.3, -0.25) is 0 Å². The third kappa shape index (κ3) is 2.56. The van der Waals surface area contributed by atoms with Crippen LogP contribution in [-0.4, -0.2) is 16.1 Å². The fourth-order valence-electron chi connectivity index (χ4n) is 2.54. The second-order valence-corrected chi connectivity index (χ2v) is 5.25. The van der Waals surface area contributed by atoms with Gasteiger partial charge >= 0.3 is 0 Å². The summed E-state index contributed by atoms with van der Waals surface area (Å²) < 4.78 is 2.24. The molecular weight excluding hydrogens is 222 g/mol. The summed E-state index contributed by atoms with van der Waals surface area (Å²) in [6.07, 6.45) is 3.29. The number of benzene rings is 1. The van der Waals surface area contributed by atoms with Crippen LogP contribution in [0.25, 0.3) is 11.0 Å². The van der Waals surface area contributed by atoms with Crippen molar-refractivity contribution in [2.75, 3.05) is 6.54 Å². The number of nitrogens with two attached hydrogens (primary N) is 1. The summed E-state index contributed by atoms with van der Waals surface area (Å²) in [4.78, 5) is 4.74. The Morgan fingerprint density at radius 3 is 2.78 bits per heavy atom. The number of aromatic nitrogens is 2. The second kappa shape index (κ2) is 5.53. The van der Waals surface area contributed by atoms with E-state index in [2.05, 4.69) is 43.7 Å². The molecule has 98 valence electrons. The molecule has 1 atom stereocenters. The molecule has 2 aromatic rings. The first-order valence-electron chi connectivity index (χ1n) is 6.74. The normalized spacial score (nSPS) is 13.1. The number of fused-ring (bicyclic) bond motifs is 1. The third-order valence-corrected chi connectivity index (χ3v) is 3.71. The van der Waals surface area contributed by atoms with Crippen LogP contribution in [0.3, 0.4) is 0 Å². The summed E-state index contributed by atoms with van der Waals surface area (Å²) in [5, 5.41) is 0. The highest BCUT2D eigenvalue weighted by Crippen LogP contribution is 2.20. The SMILES string of the molecule is Cc1cccc2nc(CCC(C)CCN)n(C)c12. The van der Waals surface area contributed by atoms with Gasteiger partial charge in [0.2, 0.25) is 0 Å². The van der Waals surface area contributed by atoms with Crippen LogP contribution in [0.4, 0.5) is 0 Å². The predicted molar refractivity (Wildman–Crippen MR) is 76.6 cm³/mol. The van der Waals surface area contributed by atoms with Gasteiger partial charge in [-0.15, -0.1) is 0 Å². The number of rotatable bonds is 5. The van der Waals surface area contributed by atoms with Gasteiger partial charge in [-0.2, -0.15) is 0 Å². The lowest BCUT2D eigenvalue weighted by Crippen LogP contribution is -2.08. The van der Waals surface area contributed by atoms with Crippen LogP contribution >= 0.6 is 0 Å². The standard InChI is InChI=1S/C15H23N3/c1-11(9-10-16)7-8-14-17-13-6-4-5-12(2)15(13)18(14)3/h4-6,11H,7-10,16H2,1-3H3. The fourth-order valence-corrected chi connectivity index (χ4v) is 2.54. The first kappa shape index (κ1) is 13.1. The Kier molecular flexibility index (Phi) is 4.02. The van der Waals surface area contributed by atoms with Gasteiger partial charge in [-0.05, 0) is 43.9 Å². The number of nitrogens with zero attached hydrogens (tertiary/aromatic N) is 2. The predicted octanol–water partition coefficient (Wildman–Crippen LogP) is 2.80. The second-order valence-electron chi connectivity index (χ2n) is 5.25. The molecule has 18 heavy (non-hydrogen) atoms. The average molecular weight is 245 g/mol. The highest BCUT2D eigenvalue weighted by Gasteiger charge is 2.10. The molecule has 1 aromatic carbocycles. The molecule has 0 saturated heterocycles. The van der Waals surface area contributed by atoms with E-state index < -0.39 is 0 Å². The molecule has 0 aliphatic carbocycles. The molecule has 0 radical (unpaired) electrons. The van der Waals surface area contributed by atoms with Gasteiger partial charge in [0.15, 0.2) is 0 Å². The van der Waals surface area contributed by atoms with Crippen LogP contribution in [0.15, 0.2) is 18.2 Å². The van der Waals surface area contributed by atoms with Gasteiger partial charge in [0.25, 0.3) is 0 Å². The van der Waals surface area contributed by atoms with E-state index >= 15 is 0 Å². The quantitative estimate of drug-likeness (QED) is 0.880. The van der Waals surface area contributed by atoms with Gasteiger partial charge < -0.3 is 10.3 Å². The van der Waals surface area contributed by atoms with Gasteiger partial charge in [-0.25, -0.2) is 4.98 Å². The molecule has 0 amide bonds. The van der Waals surface area contributed by atoms with Gasteiger partial charge in [0.1, 0.15) is 5.82 Å². The zero-order chi connectivity index (χ0) is 13.1. The minimum absolute atomic E-state index is 0.677. The van der Waals surface area contributed by atoms with Crippen LogP contribution in [0.5, 0.6) is 0 Å². The fraction of sp³-hybridized carbons (Fsp3) is 0.533. The van der Waals surface area contributed by atoms with Crippen molar-refractivity contribution in [3.63, 3.8) is 0 Å². The number of imidazole rings is 1. The molecule has 0 bridgehead atoms. The van der Waals surface area contributed by atoms with Crippen LogP contribution in [0.1, 0.15) is 31.2 Å². The Hall–Kier alpha value is -1.35. The maximum Gasteiger partial charge on any atom is 0.109 e. The summed E-state index contributed by atoms with van der Waals surface area (Å²) >= 11 is 0. The Balaban J connectivity index is 2.19. The zero-order valence-corrected chi connectivity index (χ0v) is 11.6. The maximum atomic E-state index is 5.59. The molecule has 3 heteroatoms. The zero-order valence-electron chi connectivity index (χ0n) is 11.6. The smallest absolute Gasteiger partial charge is 0.109 e. The molecule has 3 nitrogen and oxygen atoms in total. The van der Waals surface area contributed by atoms with Crippen molar-refractivity contribution in [3.8, 4) is 0 Å². The molecular formula is C15H23N3. The molecule has 2 N–H and O–H groups in total. The number of hydrogen-bond acceptors (Lipinski definition) is 2. The molecule has 0 aliphatic heterocycles. The van der Waals surface area contributed by atoms with Crippen molar-refractivity contribution in [1.82, 2.24) is 9.55 Å². The van der Waals surface area contributed by atoms with E-state index in [0.717, 1.165) is 31.3 Å². The molecule has 0 saturated carbocycles. The lowest BCUT2D eigenvalue weighted by molar-refractivity contribution is 0.490. The Morgan fingerprint density at radius 1 is 1.33 bits per heavy atom. The van der Waals surface area contributed by atoms with Gasteiger partial charge in [-0.1, -0.05) is 19.1 Å². The first-order chi connectivity index (χ1) is 8.63. The van der Waals surface area contributed by atoms with E-state index in [1.54, 1.807) is 0 Å². The van der Waals surface area contributed by atoms with Gasteiger partial charge in [0, 0.05) is 13.5 Å². The lowest BCUT2D eigenvalue weighted by atomic mass is 10.0. The summed E-state index contributed by atoms with van der Waals surface area (Å²) in [5.41, 5.74) is 9.26. The molecule has 0 spiro atoms. The highest BCUT2D eigenvalue weighted by molar-refractivity contribution is 5.79. The molecule has 1 aromatic heterocycles. The number of aryl methyl sites for hydroxylation is 3. The van der Waals surface area contributed by atoms with Crippen molar-refractivity contribution in [2.45, 2.75) is 33.1 Å². The van der Waals surface area contributed by atoms with Crippen LogP contribution in [0.2, 0.25) is 0 Å². The van der Waals surface area contributed by atoms with E-state index in [9.17, 15) is 0 Å². The Morgan fingerprint density at radius 2 is 2.11 bits per heavy atom. The molecule has 0 fully saturated rings. The number of para-hydroxylation sites is 1. The summed E-state index contributed by atoms with van der Waals surface area (Å²) in [7, 11) is 2.12. The lowest BCUT2D eigenvalue weighted by Gasteiger charge is -2.09. The van der Waals surface area contributed by atoms with Gasteiger partial charge in [0.05, 0.1) is 11.0 Å². The van der Waals surface area contributed by atoms with Crippen LogP contribution in [-0.2, 0) is 13.5 Å². The first-order valence-corrected chi connectivity index (χ1v) is 6.74. The Labute approximate surface area is 109 Å². The summed E-state index contributed by atoms with van der Waals surface area (Å²) in [6, 6.07) is 6.31. The van der Waals surface area contributed by atoms with Crippen molar-refractivity contribution in [1.29, 1.82) is 0 Å². The largest absolute Gasteiger partial charge is 0.331 e. The number of hydrogen-bond donors (Lipinski definition) is 1. The summed E-state index contributed by atoms with van der Waals surface area (Å²) in [6.45, 7) is 5.19.